The summed E-state index contributed by atoms with van der Waals surface area (Å²) in [6.07, 6.45) is 1.21. The van der Waals surface area contributed by atoms with Gasteiger partial charge in [0, 0.05) is 30.1 Å². The van der Waals surface area contributed by atoms with Crippen LogP contribution in [0.1, 0.15) is 12.8 Å². The summed E-state index contributed by atoms with van der Waals surface area (Å²) in [7, 11) is -3.77. The van der Waals surface area contributed by atoms with Crippen molar-refractivity contribution in [1.29, 1.82) is 0 Å². The van der Waals surface area contributed by atoms with Crippen LogP contribution in [0.15, 0.2) is 42.5 Å². The van der Waals surface area contributed by atoms with E-state index in [0.717, 1.165) is 16.6 Å². The van der Waals surface area contributed by atoms with Crippen molar-refractivity contribution in [2.45, 2.75) is 12.8 Å². The minimum atomic E-state index is -3.77. The number of rotatable bonds is 11. The normalized spacial score (nSPS) is 11.1. The summed E-state index contributed by atoms with van der Waals surface area (Å²) in [4.78, 5) is 22.4. The number of carbonyl (C=O) groups excluding carboxylic acids is 1. The van der Waals surface area contributed by atoms with Crippen molar-refractivity contribution in [1.82, 2.24) is 5.32 Å². The third kappa shape index (κ3) is 7.89. The van der Waals surface area contributed by atoms with Gasteiger partial charge in [0.1, 0.15) is 12.4 Å². The third-order valence-corrected chi connectivity index (χ3v) is 5.83. The van der Waals surface area contributed by atoms with Gasteiger partial charge in [0.2, 0.25) is 15.9 Å². The molecular formula is C19H21Cl2N3O6S. The van der Waals surface area contributed by atoms with Crippen LogP contribution < -0.4 is 14.4 Å². The summed E-state index contributed by atoms with van der Waals surface area (Å²) in [6, 6.07) is 10.4. The molecule has 12 heteroatoms. The van der Waals surface area contributed by atoms with Crippen LogP contribution >= 0.6 is 23.2 Å². The predicted octanol–water partition coefficient (Wildman–Crippen LogP) is 3.64. The van der Waals surface area contributed by atoms with Crippen molar-refractivity contribution in [3.63, 3.8) is 0 Å². The summed E-state index contributed by atoms with van der Waals surface area (Å²) in [5.74, 6) is 0.342. The van der Waals surface area contributed by atoms with E-state index in [0.29, 0.717) is 10.8 Å². The Morgan fingerprint density at radius 3 is 2.48 bits per heavy atom. The fourth-order valence-corrected chi connectivity index (χ4v) is 4.00. The minimum absolute atomic E-state index is 0.00450. The molecule has 0 spiro atoms. The van der Waals surface area contributed by atoms with E-state index in [4.69, 9.17) is 27.9 Å². The summed E-state index contributed by atoms with van der Waals surface area (Å²) in [6.45, 7) is 0.467. The number of nitro benzene ring substituents is 1. The first-order valence-corrected chi connectivity index (χ1v) is 11.7. The smallest absolute Gasteiger partial charge is 0.271 e. The van der Waals surface area contributed by atoms with Crippen LogP contribution in [0.2, 0.25) is 10.0 Å². The summed E-state index contributed by atoms with van der Waals surface area (Å²) >= 11 is 11.8. The third-order valence-electron chi connectivity index (χ3n) is 4.08. The average Bonchev–Trinajstić information content (AvgIpc) is 2.69. The van der Waals surface area contributed by atoms with Gasteiger partial charge in [-0.15, -0.1) is 0 Å². The zero-order valence-corrected chi connectivity index (χ0v) is 18.9. The van der Waals surface area contributed by atoms with E-state index in [2.05, 4.69) is 5.32 Å². The lowest BCUT2D eigenvalue weighted by Crippen LogP contribution is -2.33. The molecule has 0 aliphatic carbocycles. The fraction of sp³-hybridized carbons (Fsp3) is 0.316. The zero-order chi connectivity index (χ0) is 23.0. The van der Waals surface area contributed by atoms with Gasteiger partial charge in [-0.3, -0.25) is 19.2 Å². The highest BCUT2D eigenvalue weighted by atomic mass is 35.5. The number of halogens is 2. The molecule has 0 atom stereocenters. The number of ether oxygens (including phenoxy) is 1. The Morgan fingerprint density at radius 1 is 1.19 bits per heavy atom. The standard InChI is InChI=1S/C19H21Cl2N3O6S/c1-31(28,29)23(18-13-15(24(26)27)6-9-17(18)21)11-2-3-19(25)22-10-12-30-16-7-4-14(20)5-8-16/h4-9,13H,2-3,10-12H2,1H3,(H,22,25). The number of nitro groups is 1. The molecule has 2 rings (SSSR count). The first kappa shape index (κ1) is 24.7. The molecule has 0 radical (unpaired) electrons. The van der Waals surface area contributed by atoms with Crippen LogP contribution in [0.3, 0.4) is 0 Å². The van der Waals surface area contributed by atoms with Crippen molar-refractivity contribution in [2.75, 3.05) is 30.3 Å². The molecule has 0 fully saturated rings. The van der Waals surface area contributed by atoms with Crippen molar-refractivity contribution in [3.05, 3.63) is 62.6 Å². The average molecular weight is 490 g/mol. The number of benzene rings is 2. The lowest BCUT2D eigenvalue weighted by Gasteiger charge is -2.23. The largest absolute Gasteiger partial charge is 0.492 e. The Labute approximate surface area is 190 Å². The Balaban J connectivity index is 1.86. The number of amides is 1. The SMILES string of the molecule is CS(=O)(=O)N(CCCC(=O)NCCOc1ccc(Cl)cc1)c1cc([N+](=O)[O-])ccc1Cl. The van der Waals surface area contributed by atoms with Crippen LogP contribution in [-0.4, -0.2) is 45.2 Å². The molecule has 1 N–H and O–H groups in total. The lowest BCUT2D eigenvalue weighted by atomic mass is 10.2. The molecule has 0 aliphatic heterocycles. The molecule has 0 saturated heterocycles. The minimum Gasteiger partial charge on any atom is -0.492 e. The van der Waals surface area contributed by atoms with Crippen LogP contribution in [0.5, 0.6) is 5.75 Å². The number of nitrogens with one attached hydrogen (secondary N) is 1. The Kier molecular flexibility index (Phi) is 8.90. The lowest BCUT2D eigenvalue weighted by molar-refractivity contribution is -0.384. The number of carbonyl (C=O) groups is 1. The monoisotopic (exact) mass is 489 g/mol. The van der Waals surface area contributed by atoms with Crippen molar-refractivity contribution < 1.29 is 22.9 Å². The molecule has 168 valence electrons. The van der Waals surface area contributed by atoms with Gasteiger partial charge in [-0.2, -0.15) is 0 Å². The second-order valence-electron chi connectivity index (χ2n) is 6.48. The van der Waals surface area contributed by atoms with Gasteiger partial charge >= 0.3 is 0 Å². The van der Waals surface area contributed by atoms with Crippen molar-refractivity contribution in [3.8, 4) is 5.75 Å². The highest BCUT2D eigenvalue weighted by Crippen LogP contribution is 2.31. The molecule has 0 aromatic heterocycles. The maximum atomic E-state index is 12.2. The number of sulfonamides is 1. The fourth-order valence-electron chi connectivity index (χ4n) is 2.63. The van der Waals surface area contributed by atoms with Gasteiger partial charge in [0.15, 0.2) is 0 Å². The van der Waals surface area contributed by atoms with Crippen LogP contribution in [0, 0.1) is 10.1 Å². The Bertz CT molecular complexity index is 1030. The Morgan fingerprint density at radius 2 is 1.87 bits per heavy atom. The number of anilines is 1. The highest BCUT2D eigenvalue weighted by molar-refractivity contribution is 7.92. The number of hydrogen-bond donors (Lipinski definition) is 1. The summed E-state index contributed by atoms with van der Waals surface area (Å²) in [5.41, 5.74) is -0.290. The predicted molar refractivity (Wildman–Crippen MR) is 119 cm³/mol. The van der Waals surface area contributed by atoms with E-state index in [-0.39, 0.29) is 54.8 Å². The molecule has 0 bridgehead atoms. The molecule has 0 heterocycles. The maximum Gasteiger partial charge on any atom is 0.271 e. The van der Waals surface area contributed by atoms with E-state index in [1.807, 2.05) is 0 Å². The molecule has 9 nitrogen and oxygen atoms in total. The highest BCUT2D eigenvalue weighted by Gasteiger charge is 2.22. The van der Waals surface area contributed by atoms with Crippen LogP contribution in [0.4, 0.5) is 11.4 Å². The first-order valence-electron chi connectivity index (χ1n) is 9.14. The molecule has 0 aliphatic rings. The second-order valence-corrected chi connectivity index (χ2v) is 9.23. The van der Waals surface area contributed by atoms with Crippen molar-refractivity contribution >= 4 is 50.5 Å². The van der Waals surface area contributed by atoms with E-state index in [1.165, 1.54) is 12.1 Å². The van der Waals surface area contributed by atoms with Gasteiger partial charge < -0.3 is 10.1 Å². The Hall–Kier alpha value is -2.56. The van der Waals surface area contributed by atoms with Crippen LogP contribution in [-0.2, 0) is 14.8 Å². The van der Waals surface area contributed by atoms with Gasteiger partial charge in [0.25, 0.3) is 5.69 Å². The molecule has 2 aromatic carbocycles. The van der Waals surface area contributed by atoms with E-state index in [1.54, 1.807) is 24.3 Å². The zero-order valence-electron chi connectivity index (χ0n) is 16.6. The number of hydrogen-bond acceptors (Lipinski definition) is 6. The van der Waals surface area contributed by atoms with Gasteiger partial charge in [-0.05, 0) is 36.8 Å². The van der Waals surface area contributed by atoms with Gasteiger partial charge in [-0.1, -0.05) is 23.2 Å². The molecule has 1 amide bonds. The second kappa shape index (κ2) is 11.2. The molecule has 0 unspecified atom stereocenters. The molecular weight excluding hydrogens is 469 g/mol. The summed E-state index contributed by atoms with van der Waals surface area (Å²) < 4.78 is 30.8. The molecule has 31 heavy (non-hydrogen) atoms. The van der Waals surface area contributed by atoms with E-state index < -0.39 is 14.9 Å². The topological polar surface area (TPSA) is 119 Å². The van der Waals surface area contributed by atoms with Gasteiger partial charge in [-0.25, -0.2) is 8.42 Å². The quantitative estimate of drug-likeness (QED) is 0.292. The van der Waals surface area contributed by atoms with Gasteiger partial charge in [0.05, 0.1) is 28.4 Å². The first-order chi connectivity index (χ1) is 14.6. The van der Waals surface area contributed by atoms with Crippen LogP contribution in [0.25, 0.3) is 0 Å². The maximum absolute atomic E-state index is 12.2. The number of non-ortho nitro benzene ring substituents is 1. The van der Waals surface area contributed by atoms with Crippen molar-refractivity contribution in [2.24, 2.45) is 0 Å². The number of nitrogens with zero attached hydrogens (tertiary/aromatic N) is 2. The van der Waals surface area contributed by atoms with E-state index in [9.17, 15) is 23.3 Å². The summed E-state index contributed by atoms with van der Waals surface area (Å²) in [5, 5.41) is 14.3. The van der Waals surface area contributed by atoms with E-state index >= 15 is 0 Å². The molecule has 2 aromatic rings. The molecule has 0 saturated carbocycles.